The van der Waals surface area contributed by atoms with E-state index >= 15 is 0 Å². The number of ether oxygens (including phenoxy) is 2. The van der Waals surface area contributed by atoms with Gasteiger partial charge in [0.25, 0.3) is 0 Å². The van der Waals surface area contributed by atoms with Crippen molar-refractivity contribution in [3.8, 4) is 11.5 Å². The lowest BCUT2D eigenvalue weighted by molar-refractivity contribution is 0.358. The topological polar surface area (TPSA) is 56.3 Å². The van der Waals surface area contributed by atoms with Gasteiger partial charge in [-0.1, -0.05) is 30.3 Å². The Kier molecular flexibility index (Phi) is 4.57. The number of fused-ring (bicyclic) bond motifs is 1. The lowest BCUT2D eigenvalue weighted by atomic mass is 10.1. The first-order chi connectivity index (χ1) is 11.3. The van der Waals surface area contributed by atoms with Crippen molar-refractivity contribution in [1.29, 1.82) is 0 Å². The summed E-state index contributed by atoms with van der Waals surface area (Å²) < 4.78 is 10.8. The molecule has 5 nitrogen and oxygen atoms in total. The van der Waals surface area contributed by atoms with Crippen molar-refractivity contribution in [1.82, 2.24) is 9.97 Å². The van der Waals surface area contributed by atoms with Crippen molar-refractivity contribution >= 4 is 16.7 Å². The zero-order valence-electron chi connectivity index (χ0n) is 13.2. The molecule has 1 N–H and O–H groups in total. The van der Waals surface area contributed by atoms with Crippen LogP contribution in [0.25, 0.3) is 10.9 Å². The highest BCUT2D eigenvalue weighted by Crippen LogP contribution is 2.35. The van der Waals surface area contributed by atoms with Crippen LogP contribution in [0.5, 0.6) is 11.5 Å². The van der Waals surface area contributed by atoms with Gasteiger partial charge in [0.2, 0.25) is 0 Å². The van der Waals surface area contributed by atoms with Gasteiger partial charge in [-0.05, 0) is 24.1 Å². The van der Waals surface area contributed by atoms with E-state index in [1.807, 2.05) is 30.3 Å². The summed E-state index contributed by atoms with van der Waals surface area (Å²) in [4.78, 5) is 8.68. The number of benzene rings is 2. The molecule has 1 heterocycles. The number of anilines is 1. The fourth-order valence-corrected chi connectivity index (χ4v) is 2.55. The first-order valence-electron chi connectivity index (χ1n) is 7.47. The van der Waals surface area contributed by atoms with Gasteiger partial charge in [0, 0.05) is 11.9 Å². The molecular weight excluding hydrogens is 290 g/mol. The number of nitrogens with one attached hydrogen (secondary N) is 1. The summed E-state index contributed by atoms with van der Waals surface area (Å²) in [6.07, 6.45) is 2.47. The summed E-state index contributed by atoms with van der Waals surface area (Å²) in [5, 5.41) is 4.29. The Morgan fingerprint density at radius 1 is 0.957 bits per heavy atom. The third-order valence-corrected chi connectivity index (χ3v) is 3.70. The molecule has 0 saturated carbocycles. The van der Waals surface area contributed by atoms with Crippen molar-refractivity contribution in [2.24, 2.45) is 0 Å². The predicted octanol–water partition coefficient (Wildman–Crippen LogP) is 3.30. The Balaban J connectivity index is 1.84. The van der Waals surface area contributed by atoms with E-state index in [-0.39, 0.29) is 0 Å². The summed E-state index contributed by atoms with van der Waals surface area (Å²) in [5.74, 6) is 2.08. The highest BCUT2D eigenvalue weighted by atomic mass is 16.5. The average Bonchev–Trinajstić information content (AvgIpc) is 2.61. The van der Waals surface area contributed by atoms with Crippen LogP contribution in [0.1, 0.15) is 5.56 Å². The second kappa shape index (κ2) is 6.96. The van der Waals surface area contributed by atoms with E-state index in [1.165, 1.54) is 11.9 Å². The standard InChI is InChI=1S/C18H19N3O2/c1-22-15-9-8-14-16(17(15)23-2)20-12-21-18(14)19-11-10-13-6-4-3-5-7-13/h3-9,12H,10-11H2,1-2H3,(H,19,20,21). The number of rotatable bonds is 6. The van der Waals surface area contributed by atoms with Gasteiger partial charge in [-0.3, -0.25) is 0 Å². The molecule has 0 aliphatic rings. The molecule has 0 saturated heterocycles. The van der Waals surface area contributed by atoms with Crippen molar-refractivity contribution in [3.63, 3.8) is 0 Å². The van der Waals surface area contributed by atoms with E-state index in [0.29, 0.717) is 11.5 Å². The fraction of sp³-hybridized carbons (Fsp3) is 0.222. The Hall–Kier alpha value is -2.82. The summed E-state index contributed by atoms with van der Waals surface area (Å²) in [5.41, 5.74) is 2.03. The molecule has 0 aliphatic heterocycles. The van der Waals surface area contributed by atoms with Crippen LogP contribution in [0.15, 0.2) is 48.8 Å². The minimum absolute atomic E-state index is 0.624. The summed E-state index contributed by atoms with van der Waals surface area (Å²) in [6, 6.07) is 14.2. The summed E-state index contributed by atoms with van der Waals surface area (Å²) in [6.45, 7) is 0.796. The number of hydrogen-bond donors (Lipinski definition) is 1. The lowest BCUT2D eigenvalue weighted by Gasteiger charge is -2.12. The van der Waals surface area contributed by atoms with Crippen LogP contribution in [0.4, 0.5) is 5.82 Å². The van der Waals surface area contributed by atoms with E-state index in [9.17, 15) is 0 Å². The molecule has 0 atom stereocenters. The van der Waals surface area contributed by atoms with Crippen molar-refractivity contribution in [2.45, 2.75) is 6.42 Å². The molecule has 3 aromatic rings. The molecule has 118 valence electrons. The van der Waals surface area contributed by atoms with Crippen LogP contribution in [0, 0.1) is 0 Å². The third kappa shape index (κ3) is 3.18. The minimum Gasteiger partial charge on any atom is -0.493 e. The zero-order chi connectivity index (χ0) is 16.1. The second-order valence-electron chi connectivity index (χ2n) is 5.08. The molecule has 2 aromatic carbocycles. The van der Waals surface area contributed by atoms with Gasteiger partial charge >= 0.3 is 0 Å². The minimum atomic E-state index is 0.624. The highest BCUT2D eigenvalue weighted by Gasteiger charge is 2.13. The molecule has 0 amide bonds. The monoisotopic (exact) mass is 309 g/mol. The molecule has 0 spiro atoms. The number of hydrogen-bond acceptors (Lipinski definition) is 5. The maximum Gasteiger partial charge on any atom is 0.187 e. The van der Waals surface area contributed by atoms with Crippen molar-refractivity contribution < 1.29 is 9.47 Å². The maximum absolute atomic E-state index is 5.44. The van der Waals surface area contributed by atoms with Crippen LogP contribution >= 0.6 is 0 Å². The average molecular weight is 309 g/mol. The van der Waals surface area contributed by atoms with Crippen molar-refractivity contribution in [3.05, 3.63) is 54.4 Å². The SMILES string of the molecule is COc1ccc2c(NCCc3ccccc3)ncnc2c1OC. The second-order valence-corrected chi connectivity index (χ2v) is 5.08. The van der Waals surface area contributed by atoms with Gasteiger partial charge in [-0.2, -0.15) is 0 Å². The Bertz CT molecular complexity index is 791. The quantitative estimate of drug-likeness (QED) is 0.757. The van der Waals surface area contributed by atoms with Gasteiger partial charge < -0.3 is 14.8 Å². The van der Waals surface area contributed by atoms with E-state index in [0.717, 1.165) is 29.7 Å². The van der Waals surface area contributed by atoms with Gasteiger partial charge in [0.15, 0.2) is 11.5 Å². The molecule has 0 bridgehead atoms. The van der Waals surface area contributed by atoms with Crippen LogP contribution in [-0.2, 0) is 6.42 Å². The molecule has 0 unspecified atom stereocenters. The van der Waals surface area contributed by atoms with Crippen LogP contribution in [0.3, 0.4) is 0 Å². The normalized spacial score (nSPS) is 10.5. The summed E-state index contributed by atoms with van der Waals surface area (Å²) in [7, 11) is 3.23. The van der Waals surface area contributed by atoms with Crippen molar-refractivity contribution in [2.75, 3.05) is 26.1 Å². The van der Waals surface area contributed by atoms with E-state index in [1.54, 1.807) is 14.2 Å². The molecule has 0 fully saturated rings. The first-order valence-corrected chi connectivity index (χ1v) is 7.47. The maximum atomic E-state index is 5.44. The molecule has 5 heteroatoms. The van der Waals surface area contributed by atoms with E-state index in [4.69, 9.17) is 9.47 Å². The molecule has 0 aliphatic carbocycles. The van der Waals surface area contributed by atoms with Gasteiger partial charge in [-0.25, -0.2) is 9.97 Å². The molecule has 0 radical (unpaired) electrons. The third-order valence-electron chi connectivity index (χ3n) is 3.70. The number of aromatic nitrogens is 2. The van der Waals surface area contributed by atoms with Crippen LogP contribution < -0.4 is 14.8 Å². The Labute approximate surface area is 135 Å². The summed E-state index contributed by atoms with van der Waals surface area (Å²) >= 11 is 0. The van der Waals surface area contributed by atoms with Gasteiger partial charge in [0.05, 0.1) is 14.2 Å². The smallest absolute Gasteiger partial charge is 0.187 e. The molecule has 1 aromatic heterocycles. The van der Waals surface area contributed by atoms with Gasteiger partial charge in [0.1, 0.15) is 17.7 Å². The van der Waals surface area contributed by atoms with Crippen LogP contribution in [0.2, 0.25) is 0 Å². The first kappa shape index (κ1) is 15.1. The van der Waals surface area contributed by atoms with E-state index < -0.39 is 0 Å². The predicted molar refractivity (Wildman–Crippen MR) is 91.3 cm³/mol. The van der Waals surface area contributed by atoms with E-state index in [2.05, 4.69) is 27.4 Å². The molecule has 23 heavy (non-hydrogen) atoms. The molecular formula is C18H19N3O2. The lowest BCUT2D eigenvalue weighted by Crippen LogP contribution is -2.07. The Morgan fingerprint density at radius 2 is 1.78 bits per heavy atom. The molecule has 3 rings (SSSR count). The largest absolute Gasteiger partial charge is 0.493 e. The number of methoxy groups -OCH3 is 2. The Morgan fingerprint density at radius 3 is 2.52 bits per heavy atom. The zero-order valence-corrected chi connectivity index (χ0v) is 13.2. The van der Waals surface area contributed by atoms with Gasteiger partial charge in [-0.15, -0.1) is 0 Å². The number of nitrogens with zero attached hydrogens (tertiary/aromatic N) is 2. The highest BCUT2D eigenvalue weighted by molar-refractivity contribution is 5.94. The van der Waals surface area contributed by atoms with Crippen LogP contribution in [-0.4, -0.2) is 30.7 Å². The fourth-order valence-electron chi connectivity index (χ4n) is 2.55.